The van der Waals surface area contributed by atoms with Crippen LogP contribution >= 0.6 is 23.1 Å². The maximum absolute atomic E-state index is 12.0. The lowest BCUT2D eigenvalue weighted by Gasteiger charge is -2.03. The van der Waals surface area contributed by atoms with E-state index >= 15 is 0 Å². The van der Waals surface area contributed by atoms with Gasteiger partial charge in [-0.15, -0.1) is 21.5 Å². The summed E-state index contributed by atoms with van der Waals surface area (Å²) in [5, 5.41) is 10.6. The van der Waals surface area contributed by atoms with Crippen molar-refractivity contribution < 1.29 is 4.42 Å². The highest BCUT2D eigenvalue weighted by Crippen LogP contribution is 2.26. The van der Waals surface area contributed by atoms with Gasteiger partial charge in [0, 0.05) is 23.4 Å². The maximum Gasteiger partial charge on any atom is 0.258 e. The second-order valence-electron chi connectivity index (χ2n) is 5.00. The number of rotatable bonds is 4. The van der Waals surface area contributed by atoms with Crippen LogP contribution in [-0.4, -0.2) is 24.3 Å². The van der Waals surface area contributed by atoms with Crippen molar-refractivity contribution in [1.82, 2.24) is 24.3 Å². The van der Waals surface area contributed by atoms with Crippen molar-refractivity contribution in [2.45, 2.75) is 17.8 Å². The molecule has 0 bridgehead atoms. The minimum absolute atomic E-state index is 0.0965. The van der Waals surface area contributed by atoms with E-state index in [1.165, 1.54) is 38.2 Å². The van der Waals surface area contributed by atoms with Gasteiger partial charge >= 0.3 is 0 Å². The molecule has 2 N–H and O–H groups in total. The third-order valence-corrected chi connectivity index (χ3v) is 5.20. The van der Waals surface area contributed by atoms with Gasteiger partial charge < -0.3 is 10.3 Å². The molecule has 4 rings (SSSR count). The predicted molar refractivity (Wildman–Crippen MR) is 91.5 cm³/mol. The topological polar surface area (TPSA) is 104 Å². The Balaban J connectivity index is 1.59. The van der Waals surface area contributed by atoms with Gasteiger partial charge in [0.15, 0.2) is 10.8 Å². The van der Waals surface area contributed by atoms with Crippen LogP contribution in [0.3, 0.4) is 0 Å². The first-order chi connectivity index (χ1) is 11.6. The molecule has 4 aromatic heterocycles. The standard InChI is InChI=1S/C14H12N6O2S2/c1-8-10(2-4-22-8)12-17-18-14(20(12)15)24-7-9-6-11(21)19-3-5-23-13(19)16-9/h2-6H,7,15H2,1H3. The van der Waals surface area contributed by atoms with Gasteiger partial charge in [0.25, 0.3) is 5.56 Å². The maximum atomic E-state index is 12.0. The molecule has 0 amide bonds. The highest BCUT2D eigenvalue weighted by molar-refractivity contribution is 7.98. The number of hydrogen-bond acceptors (Lipinski definition) is 8. The van der Waals surface area contributed by atoms with Crippen LogP contribution in [-0.2, 0) is 5.75 Å². The minimum Gasteiger partial charge on any atom is -0.469 e. The molecule has 0 aromatic carbocycles. The highest BCUT2D eigenvalue weighted by atomic mass is 32.2. The zero-order valence-corrected chi connectivity index (χ0v) is 14.2. The summed E-state index contributed by atoms with van der Waals surface area (Å²) in [4.78, 5) is 17.1. The number of thioether (sulfide) groups is 1. The SMILES string of the molecule is Cc1occc1-c1nnc(SCc2cc(=O)n3ccsc3n2)n1N. The second kappa shape index (κ2) is 5.80. The van der Waals surface area contributed by atoms with E-state index in [-0.39, 0.29) is 5.56 Å². The van der Waals surface area contributed by atoms with Gasteiger partial charge in [0.05, 0.1) is 17.5 Å². The van der Waals surface area contributed by atoms with Crippen molar-refractivity contribution >= 4 is 28.1 Å². The summed E-state index contributed by atoms with van der Waals surface area (Å²) >= 11 is 2.79. The van der Waals surface area contributed by atoms with Gasteiger partial charge in [-0.1, -0.05) is 11.8 Å². The minimum atomic E-state index is -0.0965. The van der Waals surface area contributed by atoms with Crippen LogP contribution in [0.15, 0.2) is 44.3 Å². The van der Waals surface area contributed by atoms with E-state index in [2.05, 4.69) is 15.2 Å². The summed E-state index contributed by atoms with van der Waals surface area (Å²) in [5.74, 6) is 7.81. The lowest BCUT2D eigenvalue weighted by atomic mass is 10.2. The van der Waals surface area contributed by atoms with Crippen molar-refractivity contribution in [1.29, 1.82) is 0 Å². The molecule has 0 unspecified atom stereocenters. The van der Waals surface area contributed by atoms with Crippen molar-refractivity contribution in [3.63, 3.8) is 0 Å². The number of furan rings is 1. The Labute approximate surface area is 143 Å². The number of nitrogens with zero attached hydrogens (tertiary/aromatic N) is 5. The number of aryl methyl sites for hydroxylation is 1. The molecule has 122 valence electrons. The number of thiazole rings is 1. The Morgan fingerprint density at radius 2 is 2.29 bits per heavy atom. The summed E-state index contributed by atoms with van der Waals surface area (Å²) in [7, 11) is 0. The molecular formula is C14H12N6O2S2. The summed E-state index contributed by atoms with van der Waals surface area (Å²) in [6, 6.07) is 3.31. The molecule has 0 saturated heterocycles. The molecule has 0 fully saturated rings. The van der Waals surface area contributed by atoms with E-state index in [9.17, 15) is 4.79 Å². The summed E-state index contributed by atoms with van der Waals surface area (Å²) in [6.45, 7) is 1.84. The summed E-state index contributed by atoms with van der Waals surface area (Å²) < 4.78 is 8.20. The molecule has 24 heavy (non-hydrogen) atoms. The Bertz CT molecular complexity index is 1080. The molecule has 10 heteroatoms. The van der Waals surface area contributed by atoms with Crippen LogP contribution in [0.25, 0.3) is 16.3 Å². The zero-order chi connectivity index (χ0) is 16.7. The Morgan fingerprint density at radius 3 is 3.08 bits per heavy atom. The molecule has 8 nitrogen and oxygen atoms in total. The normalized spacial score (nSPS) is 11.4. The van der Waals surface area contributed by atoms with E-state index in [1.807, 2.05) is 12.3 Å². The van der Waals surface area contributed by atoms with Crippen LogP contribution in [0.1, 0.15) is 11.5 Å². The average molecular weight is 360 g/mol. The molecule has 0 radical (unpaired) electrons. The molecule has 0 aliphatic heterocycles. The number of aromatic nitrogens is 5. The van der Waals surface area contributed by atoms with Gasteiger partial charge in [-0.05, 0) is 13.0 Å². The lowest BCUT2D eigenvalue weighted by molar-refractivity contribution is 0.535. The fourth-order valence-electron chi connectivity index (χ4n) is 2.28. The smallest absolute Gasteiger partial charge is 0.258 e. The van der Waals surface area contributed by atoms with E-state index < -0.39 is 0 Å². The van der Waals surface area contributed by atoms with Gasteiger partial charge in [0.1, 0.15) is 5.76 Å². The predicted octanol–water partition coefficient (Wildman–Crippen LogP) is 1.92. The molecule has 0 spiro atoms. The van der Waals surface area contributed by atoms with Gasteiger partial charge in [0.2, 0.25) is 5.16 Å². The summed E-state index contributed by atoms with van der Waals surface area (Å²) in [5.41, 5.74) is 1.38. The monoisotopic (exact) mass is 360 g/mol. The average Bonchev–Trinajstić information content (AvgIpc) is 3.26. The third-order valence-electron chi connectivity index (χ3n) is 3.47. The number of hydrogen-bond donors (Lipinski definition) is 1. The molecule has 0 atom stereocenters. The fourth-order valence-corrected chi connectivity index (χ4v) is 3.76. The van der Waals surface area contributed by atoms with E-state index in [4.69, 9.17) is 10.3 Å². The van der Waals surface area contributed by atoms with Crippen molar-refractivity contribution in [3.05, 3.63) is 51.8 Å². The summed E-state index contributed by atoms with van der Waals surface area (Å²) in [6.07, 6.45) is 3.29. The quantitative estimate of drug-likeness (QED) is 0.438. The van der Waals surface area contributed by atoms with E-state index in [0.717, 1.165) is 11.3 Å². The van der Waals surface area contributed by atoms with Gasteiger partial charge in [-0.3, -0.25) is 9.20 Å². The zero-order valence-electron chi connectivity index (χ0n) is 12.5. The van der Waals surface area contributed by atoms with Gasteiger partial charge in [-0.25, -0.2) is 9.66 Å². The largest absolute Gasteiger partial charge is 0.469 e. The van der Waals surface area contributed by atoms with Crippen molar-refractivity contribution in [3.8, 4) is 11.4 Å². The molecule has 4 heterocycles. The van der Waals surface area contributed by atoms with Crippen LogP contribution < -0.4 is 11.4 Å². The highest BCUT2D eigenvalue weighted by Gasteiger charge is 2.16. The van der Waals surface area contributed by atoms with E-state index in [0.29, 0.717) is 27.4 Å². The van der Waals surface area contributed by atoms with Crippen LogP contribution in [0, 0.1) is 6.92 Å². The lowest BCUT2D eigenvalue weighted by Crippen LogP contribution is -2.13. The number of nitrogens with two attached hydrogens (primary N) is 1. The third kappa shape index (κ3) is 2.49. The Kier molecular flexibility index (Phi) is 3.62. The van der Waals surface area contributed by atoms with Crippen molar-refractivity contribution in [2.24, 2.45) is 0 Å². The molecular weight excluding hydrogens is 348 g/mol. The number of nitrogen functional groups attached to an aromatic ring is 1. The first-order valence-corrected chi connectivity index (χ1v) is 8.83. The van der Waals surface area contributed by atoms with Crippen LogP contribution in [0.5, 0.6) is 0 Å². The Morgan fingerprint density at radius 1 is 1.42 bits per heavy atom. The molecule has 4 aromatic rings. The second-order valence-corrected chi connectivity index (χ2v) is 6.81. The molecule has 0 aliphatic carbocycles. The van der Waals surface area contributed by atoms with Gasteiger partial charge in [-0.2, -0.15) is 0 Å². The van der Waals surface area contributed by atoms with Crippen molar-refractivity contribution in [2.75, 3.05) is 5.84 Å². The van der Waals surface area contributed by atoms with E-state index in [1.54, 1.807) is 18.5 Å². The molecule has 0 aliphatic rings. The van der Waals surface area contributed by atoms with Crippen LogP contribution in [0.2, 0.25) is 0 Å². The fraction of sp³-hybridized carbons (Fsp3) is 0.143. The Hall–Kier alpha value is -2.59. The first-order valence-electron chi connectivity index (χ1n) is 6.97. The number of fused-ring (bicyclic) bond motifs is 1. The van der Waals surface area contributed by atoms with Crippen LogP contribution in [0.4, 0.5) is 0 Å². The first kappa shape index (κ1) is 15.0. The molecule has 0 saturated carbocycles.